The fraction of sp³-hybridized carbons (Fsp3) is 1.00. The minimum Gasteiger partial charge on any atom is -0.379 e. The maximum Gasteiger partial charge on any atom is 0.0701 e. The van der Waals surface area contributed by atoms with Gasteiger partial charge in [-0.15, -0.1) is 23.2 Å². The molecule has 0 spiro atoms. The van der Waals surface area contributed by atoms with Gasteiger partial charge in [0, 0.05) is 18.4 Å². The van der Waals surface area contributed by atoms with Gasteiger partial charge in [-0.3, -0.25) is 0 Å². The third-order valence-electron chi connectivity index (χ3n) is 1.77. The van der Waals surface area contributed by atoms with Gasteiger partial charge in [0.15, 0.2) is 0 Å². The third-order valence-corrected chi connectivity index (χ3v) is 2.19. The molecule has 0 unspecified atom stereocenters. The molecule has 0 heterocycles. The fourth-order valence-corrected chi connectivity index (χ4v) is 1.33. The SMILES string of the molecule is ClCCCCCCOCCOCCCl. The molecule has 0 saturated carbocycles. The molecule has 2 nitrogen and oxygen atoms in total. The molecule has 0 aliphatic carbocycles. The van der Waals surface area contributed by atoms with Gasteiger partial charge in [0.1, 0.15) is 0 Å². The standard InChI is InChI=1S/C10H20Cl2O2/c11-5-3-1-2-4-7-13-9-10-14-8-6-12/h1-10H2. The summed E-state index contributed by atoms with van der Waals surface area (Å²) in [6.07, 6.45) is 4.64. The van der Waals surface area contributed by atoms with Crippen LogP contribution in [-0.4, -0.2) is 38.2 Å². The first-order chi connectivity index (χ1) is 6.91. The fourth-order valence-electron chi connectivity index (χ4n) is 1.03. The van der Waals surface area contributed by atoms with E-state index in [9.17, 15) is 0 Å². The first-order valence-corrected chi connectivity index (χ1v) is 6.26. The van der Waals surface area contributed by atoms with E-state index in [1.54, 1.807) is 0 Å². The van der Waals surface area contributed by atoms with E-state index in [4.69, 9.17) is 32.7 Å². The van der Waals surface area contributed by atoms with Crippen molar-refractivity contribution in [1.82, 2.24) is 0 Å². The minimum absolute atomic E-state index is 0.554. The Hall–Kier alpha value is 0.500. The van der Waals surface area contributed by atoms with Gasteiger partial charge in [-0.2, -0.15) is 0 Å². The van der Waals surface area contributed by atoms with E-state index >= 15 is 0 Å². The Kier molecular flexibility index (Phi) is 14.0. The number of halogens is 2. The highest BCUT2D eigenvalue weighted by Gasteiger charge is 1.91. The number of hydrogen-bond acceptors (Lipinski definition) is 2. The smallest absolute Gasteiger partial charge is 0.0701 e. The number of hydrogen-bond donors (Lipinski definition) is 0. The van der Waals surface area contributed by atoms with E-state index in [0.717, 1.165) is 25.3 Å². The first kappa shape index (κ1) is 14.5. The molecule has 0 rings (SSSR count). The molecular formula is C10H20Cl2O2. The predicted molar refractivity (Wildman–Crippen MR) is 61.5 cm³/mol. The summed E-state index contributed by atoms with van der Waals surface area (Å²) in [5.74, 6) is 1.32. The quantitative estimate of drug-likeness (QED) is 0.410. The van der Waals surface area contributed by atoms with Crippen LogP contribution < -0.4 is 0 Å². The number of rotatable bonds is 11. The van der Waals surface area contributed by atoms with Crippen LogP contribution in [0.25, 0.3) is 0 Å². The Balaban J connectivity index is 2.78. The van der Waals surface area contributed by atoms with Gasteiger partial charge in [-0.1, -0.05) is 12.8 Å². The highest BCUT2D eigenvalue weighted by molar-refractivity contribution is 6.18. The summed E-state index contributed by atoms with van der Waals surface area (Å²) in [5.41, 5.74) is 0. The normalized spacial score (nSPS) is 10.7. The zero-order valence-corrected chi connectivity index (χ0v) is 10.2. The van der Waals surface area contributed by atoms with Crippen LogP contribution in [0.3, 0.4) is 0 Å². The lowest BCUT2D eigenvalue weighted by Crippen LogP contribution is -2.06. The average Bonchev–Trinajstić information content (AvgIpc) is 2.21. The second-order valence-corrected chi connectivity index (χ2v) is 3.77. The van der Waals surface area contributed by atoms with Gasteiger partial charge in [-0.05, 0) is 12.8 Å². The van der Waals surface area contributed by atoms with Crippen molar-refractivity contribution in [1.29, 1.82) is 0 Å². The van der Waals surface area contributed by atoms with Crippen molar-refractivity contribution in [2.45, 2.75) is 25.7 Å². The monoisotopic (exact) mass is 242 g/mol. The second-order valence-electron chi connectivity index (χ2n) is 3.02. The Morgan fingerprint density at radius 1 is 0.571 bits per heavy atom. The van der Waals surface area contributed by atoms with Gasteiger partial charge in [0.2, 0.25) is 0 Å². The van der Waals surface area contributed by atoms with Crippen molar-refractivity contribution in [3.63, 3.8) is 0 Å². The lowest BCUT2D eigenvalue weighted by atomic mass is 10.2. The first-order valence-electron chi connectivity index (χ1n) is 5.19. The van der Waals surface area contributed by atoms with Crippen LogP contribution in [0.4, 0.5) is 0 Å². The maximum atomic E-state index is 5.55. The zero-order chi connectivity index (χ0) is 10.5. The summed E-state index contributed by atoms with van der Waals surface area (Å²) >= 11 is 11.0. The summed E-state index contributed by atoms with van der Waals surface area (Å²) in [6.45, 7) is 2.76. The van der Waals surface area contributed by atoms with E-state index < -0.39 is 0 Å². The molecule has 0 bridgehead atoms. The van der Waals surface area contributed by atoms with E-state index in [1.807, 2.05) is 0 Å². The molecule has 86 valence electrons. The van der Waals surface area contributed by atoms with Crippen molar-refractivity contribution >= 4 is 23.2 Å². The highest BCUT2D eigenvalue weighted by Crippen LogP contribution is 2.00. The topological polar surface area (TPSA) is 18.5 Å². The molecule has 0 fully saturated rings. The van der Waals surface area contributed by atoms with Crippen LogP contribution in [0.5, 0.6) is 0 Å². The van der Waals surface area contributed by atoms with Crippen LogP contribution in [0.1, 0.15) is 25.7 Å². The molecule has 0 aliphatic heterocycles. The lowest BCUT2D eigenvalue weighted by molar-refractivity contribution is 0.0520. The Morgan fingerprint density at radius 2 is 1.21 bits per heavy atom. The Morgan fingerprint density at radius 3 is 1.86 bits per heavy atom. The summed E-state index contributed by atoms with van der Waals surface area (Å²) in [7, 11) is 0. The molecule has 0 atom stereocenters. The molecule has 0 aromatic carbocycles. The molecule has 0 N–H and O–H groups in total. The largest absolute Gasteiger partial charge is 0.379 e. The van der Waals surface area contributed by atoms with Crippen molar-refractivity contribution < 1.29 is 9.47 Å². The maximum absolute atomic E-state index is 5.55. The molecule has 4 heteroatoms. The van der Waals surface area contributed by atoms with E-state index in [-0.39, 0.29) is 0 Å². The van der Waals surface area contributed by atoms with Gasteiger partial charge >= 0.3 is 0 Å². The summed E-state index contributed by atoms with van der Waals surface area (Å²) in [5, 5.41) is 0. The van der Waals surface area contributed by atoms with Crippen molar-refractivity contribution in [2.24, 2.45) is 0 Å². The molecule has 0 radical (unpaired) electrons. The van der Waals surface area contributed by atoms with E-state index in [2.05, 4.69) is 0 Å². The van der Waals surface area contributed by atoms with Crippen LogP contribution in [-0.2, 0) is 9.47 Å². The lowest BCUT2D eigenvalue weighted by Gasteiger charge is -2.04. The van der Waals surface area contributed by atoms with Crippen LogP contribution >= 0.6 is 23.2 Å². The number of unbranched alkanes of at least 4 members (excludes halogenated alkanes) is 3. The van der Waals surface area contributed by atoms with Crippen LogP contribution in [0, 0.1) is 0 Å². The Labute approximate surface area is 96.9 Å². The zero-order valence-electron chi connectivity index (χ0n) is 8.64. The van der Waals surface area contributed by atoms with Crippen molar-refractivity contribution in [2.75, 3.05) is 38.2 Å². The summed E-state index contributed by atoms with van der Waals surface area (Å²) in [4.78, 5) is 0. The van der Waals surface area contributed by atoms with E-state index in [1.165, 1.54) is 12.8 Å². The van der Waals surface area contributed by atoms with Crippen LogP contribution in [0.15, 0.2) is 0 Å². The van der Waals surface area contributed by atoms with Crippen molar-refractivity contribution in [3.8, 4) is 0 Å². The van der Waals surface area contributed by atoms with E-state index in [0.29, 0.717) is 25.7 Å². The molecular weight excluding hydrogens is 223 g/mol. The van der Waals surface area contributed by atoms with Crippen molar-refractivity contribution in [3.05, 3.63) is 0 Å². The highest BCUT2D eigenvalue weighted by atomic mass is 35.5. The van der Waals surface area contributed by atoms with Gasteiger partial charge < -0.3 is 9.47 Å². The van der Waals surface area contributed by atoms with Gasteiger partial charge in [0.05, 0.1) is 19.8 Å². The van der Waals surface area contributed by atoms with Crippen LogP contribution in [0.2, 0.25) is 0 Å². The average molecular weight is 243 g/mol. The molecule has 0 aromatic rings. The second kappa shape index (κ2) is 13.5. The molecule has 14 heavy (non-hydrogen) atoms. The number of ether oxygens (including phenoxy) is 2. The van der Waals surface area contributed by atoms with Gasteiger partial charge in [0.25, 0.3) is 0 Å². The minimum atomic E-state index is 0.554. The molecule has 0 aromatic heterocycles. The number of alkyl halides is 2. The molecule has 0 saturated heterocycles. The predicted octanol–water partition coefficient (Wildman–Crippen LogP) is 3.06. The molecule has 0 aliphatic rings. The Bertz CT molecular complexity index is 90.1. The van der Waals surface area contributed by atoms with Gasteiger partial charge in [-0.25, -0.2) is 0 Å². The summed E-state index contributed by atoms with van der Waals surface area (Å²) in [6, 6.07) is 0. The summed E-state index contributed by atoms with van der Waals surface area (Å²) < 4.78 is 10.5. The molecule has 0 amide bonds. The third kappa shape index (κ3) is 12.5.